The number of sulfonamides is 1. The van der Waals surface area contributed by atoms with Gasteiger partial charge in [0, 0.05) is 30.1 Å². The summed E-state index contributed by atoms with van der Waals surface area (Å²) in [5.41, 5.74) is 2.19. The Morgan fingerprint density at radius 2 is 1.79 bits per heavy atom. The van der Waals surface area contributed by atoms with Crippen LogP contribution in [0, 0.1) is 13.8 Å². The molecule has 0 aliphatic heterocycles. The van der Waals surface area contributed by atoms with Crippen LogP contribution in [0.25, 0.3) is 0 Å². The van der Waals surface area contributed by atoms with Gasteiger partial charge in [0.2, 0.25) is 11.9 Å². The average Bonchev–Trinajstić information content (AvgIpc) is 2.99. The summed E-state index contributed by atoms with van der Waals surface area (Å²) in [6.45, 7) is 3.64. The molecule has 2 N–H and O–H groups in total. The minimum Gasteiger partial charge on any atom is -0.361 e. The summed E-state index contributed by atoms with van der Waals surface area (Å²) in [4.78, 5) is 19.8. The van der Waals surface area contributed by atoms with E-state index in [2.05, 4.69) is 25.2 Å². The summed E-state index contributed by atoms with van der Waals surface area (Å²) < 4.78 is 32.0. The lowest BCUT2D eigenvalue weighted by Gasteiger charge is -2.08. The summed E-state index contributed by atoms with van der Waals surface area (Å²) in [5.74, 6) is 0.500. The van der Waals surface area contributed by atoms with Crippen molar-refractivity contribution in [2.75, 3.05) is 10.0 Å². The lowest BCUT2D eigenvalue weighted by atomic mass is 10.1. The van der Waals surface area contributed by atoms with Crippen LogP contribution in [-0.4, -0.2) is 29.4 Å². The van der Waals surface area contributed by atoms with Gasteiger partial charge in [-0.1, -0.05) is 5.16 Å². The molecule has 10 heteroatoms. The summed E-state index contributed by atoms with van der Waals surface area (Å²) in [7, 11) is -3.81. The second kappa shape index (κ2) is 8.17. The van der Waals surface area contributed by atoms with Crippen LogP contribution < -0.4 is 10.0 Å². The number of aryl methyl sites for hydroxylation is 2. The Kier molecular flexibility index (Phi) is 5.69. The topological polar surface area (TPSA) is 127 Å². The highest BCUT2D eigenvalue weighted by atomic mass is 32.2. The molecule has 3 rings (SSSR count). The first kappa shape index (κ1) is 19.5. The van der Waals surface area contributed by atoms with E-state index < -0.39 is 10.0 Å². The van der Waals surface area contributed by atoms with Gasteiger partial charge in [-0.2, -0.15) is 0 Å². The van der Waals surface area contributed by atoms with E-state index >= 15 is 0 Å². The number of aromatic nitrogens is 3. The minimum atomic E-state index is -3.81. The van der Waals surface area contributed by atoms with Gasteiger partial charge in [0.1, 0.15) is 5.76 Å². The fourth-order valence-electron chi connectivity index (χ4n) is 2.57. The predicted octanol–water partition coefficient (Wildman–Crippen LogP) is 2.45. The van der Waals surface area contributed by atoms with Crippen LogP contribution in [0.1, 0.15) is 23.4 Å². The molecule has 1 amide bonds. The third kappa shape index (κ3) is 4.71. The standard InChI is InChI=1S/C18H19N5O4S/c1-12-16(13(2)27-22-12)8-9-17(24)21-14-4-6-15(7-5-14)28(25,26)23-18-19-10-3-11-20-18/h3-7,10-11H,8-9H2,1-2H3,(H,21,24)(H,19,20,23). The fraction of sp³-hybridized carbons (Fsp3) is 0.222. The Hall–Kier alpha value is -3.27. The number of carbonyl (C=O) groups is 1. The zero-order chi connectivity index (χ0) is 20.1. The minimum absolute atomic E-state index is 0.0146. The van der Waals surface area contributed by atoms with Gasteiger partial charge in [0.25, 0.3) is 10.0 Å². The number of rotatable bonds is 7. The Labute approximate surface area is 162 Å². The lowest BCUT2D eigenvalue weighted by molar-refractivity contribution is -0.116. The normalized spacial score (nSPS) is 11.2. The second-order valence-corrected chi connectivity index (χ2v) is 7.74. The second-order valence-electron chi connectivity index (χ2n) is 6.05. The highest BCUT2D eigenvalue weighted by Gasteiger charge is 2.16. The zero-order valence-corrected chi connectivity index (χ0v) is 16.2. The maximum atomic E-state index is 12.3. The molecule has 2 heterocycles. The van der Waals surface area contributed by atoms with Gasteiger partial charge in [0.05, 0.1) is 10.6 Å². The van der Waals surface area contributed by atoms with Crippen molar-refractivity contribution in [1.29, 1.82) is 0 Å². The van der Waals surface area contributed by atoms with E-state index in [1.807, 2.05) is 6.92 Å². The van der Waals surface area contributed by atoms with E-state index in [-0.39, 0.29) is 23.2 Å². The molecule has 0 saturated heterocycles. The molecule has 0 fully saturated rings. The van der Waals surface area contributed by atoms with Crippen LogP contribution in [-0.2, 0) is 21.2 Å². The van der Waals surface area contributed by atoms with Crippen LogP contribution in [0.15, 0.2) is 52.1 Å². The van der Waals surface area contributed by atoms with Crippen LogP contribution in [0.2, 0.25) is 0 Å². The van der Waals surface area contributed by atoms with Crippen molar-refractivity contribution in [3.8, 4) is 0 Å². The number of benzene rings is 1. The summed E-state index contributed by atoms with van der Waals surface area (Å²) in [5, 5.41) is 6.60. The molecule has 0 radical (unpaired) electrons. The molecule has 2 aromatic heterocycles. The monoisotopic (exact) mass is 401 g/mol. The molecule has 0 saturated carbocycles. The molecule has 0 unspecified atom stereocenters. The molecule has 146 valence electrons. The van der Waals surface area contributed by atoms with Gasteiger partial charge in [0.15, 0.2) is 0 Å². The van der Waals surface area contributed by atoms with E-state index in [4.69, 9.17) is 4.52 Å². The van der Waals surface area contributed by atoms with Crippen LogP contribution >= 0.6 is 0 Å². The van der Waals surface area contributed by atoms with Crippen molar-refractivity contribution in [1.82, 2.24) is 15.1 Å². The first-order valence-electron chi connectivity index (χ1n) is 8.46. The third-order valence-corrected chi connectivity index (χ3v) is 5.37. The molecule has 1 aromatic carbocycles. The highest BCUT2D eigenvalue weighted by Crippen LogP contribution is 2.18. The number of nitrogens with one attached hydrogen (secondary N) is 2. The quantitative estimate of drug-likeness (QED) is 0.622. The van der Waals surface area contributed by atoms with Gasteiger partial charge >= 0.3 is 0 Å². The van der Waals surface area contributed by atoms with Gasteiger partial charge < -0.3 is 9.84 Å². The summed E-state index contributed by atoms with van der Waals surface area (Å²) >= 11 is 0. The Morgan fingerprint density at radius 1 is 1.11 bits per heavy atom. The SMILES string of the molecule is Cc1noc(C)c1CCC(=O)Nc1ccc(S(=O)(=O)Nc2ncccn2)cc1. The third-order valence-electron chi connectivity index (χ3n) is 4.02. The van der Waals surface area contributed by atoms with Crippen molar-refractivity contribution < 1.29 is 17.7 Å². The largest absolute Gasteiger partial charge is 0.361 e. The van der Waals surface area contributed by atoms with Crippen molar-refractivity contribution in [3.05, 3.63) is 59.7 Å². The molecule has 0 bridgehead atoms. The van der Waals surface area contributed by atoms with E-state index in [9.17, 15) is 13.2 Å². The van der Waals surface area contributed by atoms with Gasteiger partial charge in [-0.15, -0.1) is 0 Å². The molecule has 3 aromatic rings. The van der Waals surface area contributed by atoms with Crippen molar-refractivity contribution >= 4 is 27.6 Å². The smallest absolute Gasteiger partial charge is 0.264 e. The molecular weight excluding hydrogens is 382 g/mol. The van der Waals surface area contributed by atoms with E-state index in [0.29, 0.717) is 17.9 Å². The van der Waals surface area contributed by atoms with Gasteiger partial charge in [-0.25, -0.2) is 23.1 Å². The number of carbonyl (C=O) groups excluding carboxylic acids is 1. The van der Waals surface area contributed by atoms with E-state index in [1.165, 1.54) is 36.7 Å². The molecule has 28 heavy (non-hydrogen) atoms. The maximum Gasteiger partial charge on any atom is 0.264 e. The molecule has 0 aliphatic carbocycles. The number of anilines is 2. The Balaban J connectivity index is 1.60. The average molecular weight is 401 g/mol. The molecule has 0 atom stereocenters. The molecule has 9 nitrogen and oxygen atoms in total. The van der Waals surface area contributed by atoms with E-state index in [0.717, 1.165) is 11.3 Å². The van der Waals surface area contributed by atoms with Crippen LogP contribution in [0.4, 0.5) is 11.6 Å². The predicted molar refractivity (Wildman–Crippen MR) is 102 cm³/mol. The Morgan fingerprint density at radius 3 is 2.39 bits per heavy atom. The molecule has 0 aliphatic rings. The fourth-order valence-corrected chi connectivity index (χ4v) is 3.53. The van der Waals surface area contributed by atoms with Crippen molar-refractivity contribution in [2.24, 2.45) is 0 Å². The Bertz CT molecular complexity index is 1040. The van der Waals surface area contributed by atoms with Crippen LogP contribution in [0.3, 0.4) is 0 Å². The first-order chi connectivity index (χ1) is 13.3. The molecule has 0 spiro atoms. The van der Waals surface area contributed by atoms with Gasteiger partial charge in [-0.3, -0.25) is 4.79 Å². The van der Waals surface area contributed by atoms with Crippen molar-refractivity contribution in [2.45, 2.75) is 31.6 Å². The summed E-state index contributed by atoms with van der Waals surface area (Å²) in [6, 6.07) is 7.42. The number of amides is 1. The number of nitrogens with zero attached hydrogens (tertiary/aromatic N) is 3. The summed E-state index contributed by atoms with van der Waals surface area (Å²) in [6.07, 6.45) is 3.65. The number of hydrogen-bond donors (Lipinski definition) is 2. The lowest BCUT2D eigenvalue weighted by Crippen LogP contribution is -2.15. The first-order valence-corrected chi connectivity index (χ1v) is 9.95. The number of hydrogen-bond acceptors (Lipinski definition) is 7. The van der Waals surface area contributed by atoms with Crippen LogP contribution in [0.5, 0.6) is 0 Å². The zero-order valence-electron chi connectivity index (χ0n) is 15.3. The van der Waals surface area contributed by atoms with Crippen molar-refractivity contribution in [3.63, 3.8) is 0 Å². The highest BCUT2D eigenvalue weighted by molar-refractivity contribution is 7.92. The maximum absolute atomic E-state index is 12.3. The van der Waals surface area contributed by atoms with E-state index in [1.54, 1.807) is 13.0 Å². The van der Waals surface area contributed by atoms with Gasteiger partial charge in [-0.05, 0) is 50.6 Å². The molecular formula is C18H19N5O4S.